The average Bonchev–Trinajstić information content (AvgIpc) is 2.74. The molecule has 3 rings (SSSR count). The Bertz CT molecular complexity index is 549. The molecular weight excluding hydrogens is 200 g/mol. The van der Waals surface area contributed by atoms with Crippen LogP contribution in [0.25, 0.3) is 11.0 Å². The van der Waals surface area contributed by atoms with Crippen molar-refractivity contribution in [2.45, 2.75) is 12.0 Å². The van der Waals surface area contributed by atoms with Crippen molar-refractivity contribution in [1.29, 1.82) is 0 Å². The molecule has 1 aliphatic carbocycles. The maximum atomic E-state index is 10.4. The monoisotopic (exact) mass is 212 g/mol. The Morgan fingerprint density at radius 2 is 2.12 bits per heavy atom. The van der Waals surface area contributed by atoms with Gasteiger partial charge in [-0.05, 0) is 18.2 Å². The molecule has 0 spiro atoms. The lowest BCUT2D eigenvalue weighted by atomic mass is 9.95. The summed E-state index contributed by atoms with van der Waals surface area (Å²) in [6, 6.07) is 7.78. The molecule has 16 heavy (non-hydrogen) atoms. The van der Waals surface area contributed by atoms with Crippen molar-refractivity contribution in [3.63, 3.8) is 0 Å². The highest BCUT2D eigenvalue weighted by Gasteiger charge is 2.29. The van der Waals surface area contributed by atoms with Crippen LogP contribution < -0.4 is 0 Å². The number of hydrogen-bond acceptors (Lipinski definition) is 2. The number of aliphatic hydroxyl groups is 1. The molecule has 80 valence electrons. The molecule has 1 atom stereocenters. The molecule has 0 saturated carbocycles. The summed E-state index contributed by atoms with van der Waals surface area (Å²) >= 11 is 0. The second-order valence-electron chi connectivity index (χ2n) is 4.02. The fourth-order valence-electron chi connectivity index (χ4n) is 1.94. The zero-order chi connectivity index (χ0) is 11.0. The van der Waals surface area contributed by atoms with Gasteiger partial charge in [-0.15, -0.1) is 0 Å². The van der Waals surface area contributed by atoms with Gasteiger partial charge in [0.25, 0.3) is 0 Å². The Hall–Kier alpha value is -1.87. The number of nitrogens with one attached hydrogen (secondary N) is 1. The first kappa shape index (κ1) is 9.36. The molecule has 1 aliphatic rings. The minimum absolute atomic E-state index is 0.559. The lowest BCUT2D eigenvalue weighted by Crippen LogP contribution is -2.24. The number of benzene rings is 1. The Kier molecular flexibility index (Phi) is 1.94. The van der Waals surface area contributed by atoms with E-state index in [1.54, 1.807) is 6.08 Å². The van der Waals surface area contributed by atoms with Crippen LogP contribution in [0.3, 0.4) is 0 Å². The summed E-state index contributed by atoms with van der Waals surface area (Å²) in [4.78, 5) is 7.58. The van der Waals surface area contributed by atoms with Crippen LogP contribution in [0.5, 0.6) is 0 Å². The van der Waals surface area contributed by atoms with E-state index in [2.05, 4.69) is 9.97 Å². The summed E-state index contributed by atoms with van der Waals surface area (Å²) in [5.41, 5.74) is 0.844. The van der Waals surface area contributed by atoms with Crippen LogP contribution in [0.2, 0.25) is 0 Å². The predicted octanol–water partition coefficient (Wildman–Crippen LogP) is 2.27. The first-order chi connectivity index (χ1) is 7.78. The Labute approximate surface area is 93.1 Å². The molecule has 1 aromatic heterocycles. The van der Waals surface area contributed by atoms with Gasteiger partial charge in [-0.25, -0.2) is 4.98 Å². The van der Waals surface area contributed by atoms with Crippen molar-refractivity contribution in [2.75, 3.05) is 0 Å². The standard InChI is InChI=1S/C13H12N2O/c16-13(8-4-1-5-9-13)12-14-10-6-2-3-7-11(10)15-12/h1-8,16H,9H2,(H,14,15). The first-order valence-electron chi connectivity index (χ1n) is 5.30. The minimum Gasteiger partial charge on any atom is -0.377 e. The van der Waals surface area contributed by atoms with E-state index >= 15 is 0 Å². The molecule has 1 aromatic carbocycles. The van der Waals surface area contributed by atoms with Gasteiger partial charge in [-0.2, -0.15) is 0 Å². The lowest BCUT2D eigenvalue weighted by Gasteiger charge is -2.22. The highest BCUT2D eigenvalue weighted by Crippen LogP contribution is 2.28. The van der Waals surface area contributed by atoms with Gasteiger partial charge in [-0.1, -0.05) is 30.4 Å². The van der Waals surface area contributed by atoms with Crippen molar-refractivity contribution in [2.24, 2.45) is 0 Å². The number of aromatic nitrogens is 2. The van der Waals surface area contributed by atoms with Crippen molar-refractivity contribution < 1.29 is 5.11 Å². The summed E-state index contributed by atoms with van der Waals surface area (Å²) in [5.74, 6) is 0.606. The smallest absolute Gasteiger partial charge is 0.144 e. The Morgan fingerprint density at radius 3 is 2.88 bits per heavy atom. The first-order valence-corrected chi connectivity index (χ1v) is 5.30. The number of imidazole rings is 1. The van der Waals surface area contributed by atoms with Gasteiger partial charge in [0.1, 0.15) is 11.4 Å². The van der Waals surface area contributed by atoms with Crippen LogP contribution in [-0.4, -0.2) is 15.1 Å². The molecule has 0 saturated heterocycles. The number of H-pyrrole nitrogens is 1. The third kappa shape index (κ3) is 1.37. The second kappa shape index (κ2) is 3.32. The minimum atomic E-state index is -0.992. The Balaban J connectivity index is 2.12. The van der Waals surface area contributed by atoms with Gasteiger partial charge in [-0.3, -0.25) is 0 Å². The van der Waals surface area contributed by atoms with E-state index in [-0.39, 0.29) is 0 Å². The zero-order valence-electron chi connectivity index (χ0n) is 8.72. The highest BCUT2D eigenvalue weighted by atomic mass is 16.3. The number of aromatic amines is 1. The van der Waals surface area contributed by atoms with Gasteiger partial charge in [0, 0.05) is 6.42 Å². The van der Waals surface area contributed by atoms with E-state index in [4.69, 9.17) is 0 Å². The molecule has 0 aliphatic heterocycles. The van der Waals surface area contributed by atoms with E-state index in [9.17, 15) is 5.11 Å². The summed E-state index contributed by atoms with van der Waals surface area (Å²) in [5, 5.41) is 10.4. The summed E-state index contributed by atoms with van der Waals surface area (Å²) in [7, 11) is 0. The lowest BCUT2D eigenvalue weighted by molar-refractivity contribution is 0.0831. The number of allylic oxidation sites excluding steroid dienone is 2. The van der Waals surface area contributed by atoms with E-state index in [1.165, 1.54) is 0 Å². The molecule has 2 aromatic rings. The topological polar surface area (TPSA) is 48.9 Å². The fraction of sp³-hybridized carbons (Fsp3) is 0.154. The van der Waals surface area contributed by atoms with Crippen LogP contribution >= 0.6 is 0 Å². The second-order valence-corrected chi connectivity index (χ2v) is 4.02. The maximum Gasteiger partial charge on any atom is 0.144 e. The molecule has 2 N–H and O–H groups in total. The van der Waals surface area contributed by atoms with Crippen LogP contribution in [0.1, 0.15) is 12.2 Å². The average molecular weight is 212 g/mol. The fourth-order valence-corrected chi connectivity index (χ4v) is 1.94. The van der Waals surface area contributed by atoms with Crippen LogP contribution in [-0.2, 0) is 5.60 Å². The molecule has 1 heterocycles. The van der Waals surface area contributed by atoms with Crippen LogP contribution in [0.15, 0.2) is 48.6 Å². The van der Waals surface area contributed by atoms with Crippen LogP contribution in [0, 0.1) is 0 Å². The van der Waals surface area contributed by atoms with E-state index in [1.807, 2.05) is 42.5 Å². The third-order valence-electron chi connectivity index (χ3n) is 2.85. The van der Waals surface area contributed by atoms with Gasteiger partial charge in [0.15, 0.2) is 0 Å². The normalized spacial score (nSPS) is 24.1. The summed E-state index contributed by atoms with van der Waals surface area (Å²) in [6.07, 6.45) is 8.04. The molecule has 0 amide bonds. The number of rotatable bonds is 1. The van der Waals surface area contributed by atoms with E-state index in [0.29, 0.717) is 12.2 Å². The number of hydrogen-bond donors (Lipinski definition) is 2. The van der Waals surface area contributed by atoms with Gasteiger partial charge in [0.2, 0.25) is 0 Å². The molecule has 1 unspecified atom stereocenters. The summed E-state index contributed by atoms with van der Waals surface area (Å²) in [6.45, 7) is 0. The number of para-hydroxylation sites is 2. The SMILES string of the molecule is OC1(c2nc3ccccc3[nH]2)C=CC=CC1. The van der Waals surface area contributed by atoms with Crippen molar-refractivity contribution in [3.8, 4) is 0 Å². The molecular formula is C13H12N2O. The van der Waals surface area contributed by atoms with E-state index in [0.717, 1.165) is 11.0 Å². The molecule has 0 radical (unpaired) electrons. The third-order valence-corrected chi connectivity index (χ3v) is 2.85. The largest absolute Gasteiger partial charge is 0.377 e. The van der Waals surface area contributed by atoms with E-state index < -0.39 is 5.60 Å². The van der Waals surface area contributed by atoms with Gasteiger partial charge in [0.05, 0.1) is 11.0 Å². The molecule has 3 heteroatoms. The number of nitrogens with zero attached hydrogens (tertiary/aromatic N) is 1. The van der Waals surface area contributed by atoms with Crippen molar-refractivity contribution in [1.82, 2.24) is 9.97 Å². The van der Waals surface area contributed by atoms with Gasteiger partial charge >= 0.3 is 0 Å². The quantitative estimate of drug-likeness (QED) is 0.761. The number of fused-ring (bicyclic) bond motifs is 1. The Morgan fingerprint density at radius 1 is 1.25 bits per heavy atom. The highest BCUT2D eigenvalue weighted by molar-refractivity contribution is 5.75. The maximum absolute atomic E-state index is 10.4. The van der Waals surface area contributed by atoms with Gasteiger partial charge < -0.3 is 10.1 Å². The molecule has 0 bridgehead atoms. The van der Waals surface area contributed by atoms with Crippen molar-refractivity contribution >= 4 is 11.0 Å². The predicted molar refractivity (Wildman–Crippen MR) is 62.9 cm³/mol. The molecule has 0 fully saturated rings. The zero-order valence-corrected chi connectivity index (χ0v) is 8.72. The van der Waals surface area contributed by atoms with Crippen LogP contribution in [0.4, 0.5) is 0 Å². The molecule has 3 nitrogen and oxygen atoms in total. The summed E-state index contributed by atoms with van der Waals surface area (Å²) < 4.78 is 0. The van der Waals surface area contributed by atoms with Crippen molar-refractivity contribution in [3.05, 3.63) is 54.4 Å².